The Bertz CT molecular complexity index is 404. The Hall–Kier alpha value is -1.18. The number of carbonyl (C=O) groups excluding carboxylic acids is 1. The van der Waals surface area contributed by atoms with Crippen molar-refractivity contribution in [2.75, 3.05) is 26.2 Å². The van der Waals surface area contributed by atoms with Crippen LogP contribution in [0.3, 0.4) is 0 Å². The molecule has 1 aliphatic rings. The molecule has 0 spiro atoms. The SMILES string of the molecule is CC(O)Cc1cn(CC(=O)N2CCNCC2)nn1.Cl. The smallest absolute Gasteiger partial charge is 0.244 e. The van der Waals surface area contributed by atoms with Gasteiger partial charge in [0.25, 0.3) is 0 Å². The lowest BCUT2D eigenvalue weighted by Crippen LogP contribution is -2.47. The lowest BCUT2D eigenvalue weighted by atomic mass is 10.2. The average molecular weight is 290 g/mol. The number of aliphatic hydroxyl groups is 1. The summed E-state index contributed by atoms with van der Waals surface area (Å²) in [6, 6.07) is 0. The van der Waals surface area contributed by atoms with E-state index in [0.29, 0.717) is 12.1 Å². The van der Waals surface area contributed by atoms with Crippen molar-refractivity contribution in [3.63, 3.8) is 0 Å². The Balaban J connectivity index is 0.00000180. The zero-order valence-electron chi connectivity index (χ0n) is 10.9. The molecule has 1 saturated heterocycles. The highest BCUT2D eigenvalue weighted by Gasteiger charge is 2.17. The van der Waals surface area contributed by atoms with E-state index in [0.717, 1.165) is 26.2 Å². The summed E-state index contributed by atoms with van der Waals surface area (Å²) in [7, 11) is 0. The fraction of sp³-hybridized carbons (Fsp3) is 0.727. The van der Waals surface area contributed by atoms with Crippen molar-refractivity contribution in [3.8, 4) is 0 Å². The number of nitrogens with zero attached hydrogens (tertiary/aromatic N) is 4. The Morgan fingerprint density at radius 1 is 1.53 bits per heavy atom. The van der Waals surface area contributed by atoms with Crippen LogP contribution in [0, 0.1) is 0 Å². The van der Waals surface area contributed by atoms with E-state index in [2.05, 4.69) is 15.6 Å². The van der Waals surface area contributed by atoms with E-state index >= 15 is 0 Å². The van der Waals surface area contributed by atoms with Gasteiger partial charge in [-0.3, -0.25) is 4.79 Å². The van der Waals surface area contributed by atoms with E-state index in [1.807, 2.05) is 4.90 Å². The molecule has 0 bridgehead atoms. The normalized spacial score (nSPS) is 16.8. The van der Waals surface area contributed by atoms with E-state index in [4.69, 9.17) is 0 Å². The molecule has 1 fully saturated rings. The first-order chi connectivity index (χ1) is 8.65. The number of halogens is 1. The van der Waals surface area contributed by atoms with Crippen LogP contribution >= 0.6 is 12.4 Å². The molecule has 0 saturated carbocycles. The summed E-state index contributed by atoms with van der Waals surface area (Å²) in [4.78, 5) is 13.8. The number of piperazine rings is 1. The van der Waals surface area contributed by atoms with Gasteiger partial charge in [-0.05, 0) is 6.92 Å². The van der Waals surface area contributed by atoms with Crippen LogP contribution in [-0.2, 0) is 17.8 Å². The van der Waals surface area contributed by atoms with E-state index in [1.165, 1.54) is 4.68 Å². The number of carbonyl (C=O) groups is 1. The second kappa shape index (κ2) is 7.42. The third kappa shape index (κ3) is 4.77. The fourth-order valence-electron chi connectivity index (χ4n) is 1.96. The summed E-state index contributed by atoms with van der Waals surface area (Å²) in [5.41, 5.74) is 0.707. The van der Waals surface area contributed by atoms with E-state index < -0.39 is 6.10 Å². The summed E-state index contributed by atoms with van der Waals surface area (Å²) >= 11 is 0. The molecule has 7 nitrogen and oxygen atoms in total. The van der Waals surface area contributed by atoms with Crippen molar-refractivity contribution < 1.29 is 9.90 Å². The number of rotatable bonds is 4. The maximum atomic E-state index is 12.0. The summed E-state index contributed by atoms with van der Waals surface area (Å²) in [6.07, 6.45) is 1.73. The number of hydrogen-bond acceptors (Lipinski definition) is 5. The number of nitrogens with one attached hydrogen (secondary N) is 1. The van der Waals surface area contributed by atoms with Crippen molar-refractivity contribution >= 4 is 18.3 Å². The highest BCUT2D eigenvalue weighted by Crippen LogP contribution is 2.00. The van der Waals surface area contributed by atoms with Gasteiger partial charge in [-0.15, -0.1) is 17.5 Å². The van der Waals surface area contributed by atoms with Crippen LogP contribution in [0.25, 0.3) is 0 Å². The van der Waals surface area contributed by atoms with E-state index in [1.54, 1.807) is 13.1 Å². The summed E-state index contributed by atoms with van der Waals surface area (Å²) in [5, 5.41) is 20.3. The molecule has 2 heterocycles. The second-order valence-electron chi connectivity index (χ2n) is 4.59. The van der Waals surface area contributed by atoms with E-state index in [9.17, 15) is 9.90 Å². The number of amides is 1. The Morgan fingerprint density at radius 3 is 2.84 bits per heavy atom. The van der Waals surface area contributed by atoms with Crippen molar-refractivity contribution in [1.82, 2.24) is 25.2 Å². The van der Waals surface area contributed by atoms with Gasteiger partial charge in [-0.25, -0.2) is 4.68 Å². The monoisotopic (exact) mass is 289 g/mol. The van der Waals surface area contributed by atoms with Crippen molar-refractivity contribution in [2.45, 2.75) is 26.0 Å². The van der Waals surface area contributed by atoms with Gasteiger partial charge >= 0.3 is 0 Å². The predicted molar refractivity (Wildman–Crippen MR) is 72.1 cm³/mol. The summed E-state index contributed by atoms with van der Waals surface area (Å²) in [6.45, 7) is 5.09. The van der Waals surface area contributed by atoms with Crippen molar-refractivity contribution in [1.29, 1.82) is 0 Å². The van der Waals surface area contributed by atoms with Crippen LogP contribution in [0.4, 0.5) is 0 Å². The lowest BCUT2D eigenvalue weighted by Gasteiger charge is -2.27. The molecule has 108 valence electrons. The third-order valence-corrected chi connectivity index (χ3v) is 2.86. The minimum absolute atomic E-state index is 0. The highest BCUT2D eigenvalue weighted by atomic mass is 35.5. The van der Waals surface area contributed by atoms with Crippen molar-refractivity contribution in [3.05, 3.63) is 11.9 Å². The van der Waals surface area contributed by atoms with Gasteiger partial charge in [0.2, 0.25) is 5.91 Å². The van der Waals surface area contributed by atoms with Gasteiger partial charge in [0, 0.05) is 38.8 Å². The maximum absolute atomic E-state index is 12.0. The van der Waals surface area contributed by atoms with Gasteiger partial charge in [0.15, 0.2) is 0 Å². The zero-order valence-corrected chi connectivity index (χ0v) is 11.8. The first-order valence-corrected chi connectivity index (χ1v) is 6.20. The molecule has 0 aliphatic carbocycles. The van der Waals surface area contributed by atoms with Crippen LogP contribution in [0.1, 0.15) is 12.6 Å². The maximum Gasteiger partial charge on any atom is 0.244 e. The average Bonchev–Trinajstić information content (AvgIpc) is 2.76. The zero-order chi connectivity index (χ0) is 13.0. The molecule has 0 radical (unpaired) electrons. The summed E-state index contributed by atoms with van der Waals surface area (Å²) in [5.74, 6) is 0.0602. The molecule has 19 heavy (non-hydrogen) atoms. The number of hydrogen-bond donors (Lipinski definition) is 2. The Labute approximate surface area is 118 Å². The second-order valence-corrected chi connectivity index (χ2v) is 4.59. The van der Waals surface area contributed by atoms with Gasteiger partial charge in [-0.1, -0.05) is 5.21 Å². The molecule has 1 unspecified atom stereocenters. The van der Waals surface area contributed by atoms with Crippen LogP contribution in [-0.4, -0.2) is 63.2 Å². The predicted octanol–water partition coefficient (Wildman–Crippen LogP) is -0.945. The summed E-state index contributed by atoms with van der Waals surface area (Å²) < 4.78 is 1.53. The molecule has 2 N–H and O–H groups in total. The minimum Gasteiger partial charge on any atom is -0.393 e. The topological polar surface area (TPSA) is 83.3 Å². The van der Waals surface area contributed by atoms with Gasteiger partial charge in [0.1, 0.15) is 6.54 Å². The number of aliphatic hydroxyl groups excluding tert-OH is 1. The fourth-order valence-corrected chi connectivity index (χ4v) is 1.96. The first kappa shape index (κ1) is 15.9. The van der Waals surface area contributed by atoms with Gasteiger partial charge in [0.05, 0.1) is 11.8 Å². The molecule has 1 atom stereocenters. The van der Waals surface area contributed by atoms with Gasteiger partial charge in [-0.2, -0.15) is 0 Å². The molecule has 2 rings (SSSR count). The molecule has 1 aliphatic heterocycles. The molecule has 8 heteroatoms. The van der Waals surface area contributed by atoms with Crippen LogP contribution in [0.2, 0.25) is 0 Å². The van der Waals surface area contributed by atoms with E-state index in [-0.39, 0.29) is 24.9 Å². The van der Waals surface area contributed by atoms with Crippen molar-refractivity contribution in [2.24, 2.45) is 0 Å². The Kier molecular flexibility index (Phi) is 6.20. The largest absolute Gasteiger partial charge is 0.393 e. The van der Waals surface area contributed by atoms with Crippen LogP contribution in [0.15, 0.2) is 6.20 Å². The molecule has 1 amide bonds. The molecule has 1 aromatic heterocycles. The van der Waals surface area contributed by atoms with Crippen LogP contribution in [0.5, 0.6) is 0 Å². The lowest BCUT2D eigenvalue weighted by molar-refractivity contribution is -0.132. The third-order valence-electron chi connectivity index (χ3n) is 2.86. The standard InChI is InChI=1S/C11H19N5O2.ClH/c1-9(17)6-10-7-16(14-13-10)8-11(18)15-4-2-12-3-5-15;/h7,9,12,17H,2-6,8H2,1H3;1H. The molecule has 0 aromatic carbocycles. The first-order valence-electron chi connectivity index (χ1n) is 6.20. The molecular weight excluding hydrogens is 270 g/mol. The Morgan fingerprint density at radius 2 is 2.21 bits per heavy atom. The van der Waals surface area contributed by atoms with Crippen LogP contribution < -0.4 is 5.32 Å². The number of aromatic nitrogens is 3. The highest BCUT2D eigenvalue weighted by molar-refractivity contribution is 5.85. The quantitative estimate of drug-likeness (QED) is 0.747. The molecule has 1 aromatic rings. The molecular formula is C11H20ClN5O2. The van der Waals surface area contributed by atoms with Gasteiger partial charge < -0.3 is 15.3 Å². The minimum atomic E-state index is -0.445.